The lowest BCUT2D eigenvalue weighted by atomic mass is 9.80. The maximum Gasteiger partial charge on any atom is 0.308 e. The molecule has 0 aromatic carbocycles. The van der Waals surface area contributed by atoms with Crippen LogP contribution >= 0.6 is 0 Å². The zero-order chi connectivity index (χ0) is 20.4. The Morgan fingerprint density at radius 3 is 2.48 bits per heavy atom. The molecule has 0 amide bonds. The highest BCUT2D eigenvalue weighted by atomic mass is 17.2. The van der Waals surface area contributed by atoms with Gasteiger partial charge in [-0.2, -0.15) is 0 Å². The minimum absolute atomic E-state index is 0.189. The molecule has 1 aliphatic heterocycles. The number of carbonyl (C=O) groups excluding carboxylic acids is 1. The van der Waals surface area contributed by atoms with Crippen LogP contribution in [0.1, 0.15) is 73.1 Å². The van der Waals surface area contributed by atoms with Crippen LogP contribution in [0.5, 0.6) is 0 Å². The molecular weight excluding hydrogens is 348 g/mol. The highest BCUT2D eigenvalue weighted by molar-refractivity contribution is 5.70. The molecular formula is C21H38O6. The zero-order valence-corrected chi connectivity index (χ0v) is 17.8. The Labute approximate surface area is 164 Å². The summed E-state index contributed by atoms with van der Waals surface area (Å²) in [6.07, 6.45) is 4.80. The van der Waals surface area contributed by atoms with Gasteiger partial charge >= 0.3 is 5.97 Å². The third kappa shape index (κ3) is 6.56. The number of ether oxygens (including phenoxy) is 2. The van der Waals surface area contributed by atoms with Gasteiger partial charge in [0.05, 0.1) is 19.1 Å². The molecule has 1 fully saturated rings. The molecule has 1 heterocycles. The second kappa shape index (κ2) is 11.8. The molecule has 6 heteroatoms. The molecule has 27 heavy (non-hydrogen) atoms. The van der Waals surface area contributed by atoms with Gasteiger partial charge in [0, 0.05) is 7.11 Å². The number of aliphatic hydroxyl groups excluding tert-OH is 1. The Hall–Kier alpha value is -0.950. The van der Waals surface area contributed by atoms with Crippen molar-refractivity contribution in [1.29, 1.82) is 0 Å². The lowest BCUT2D eigenvalue weighted by molar-refractivity contribution is -0.410. The van der Waals surface area contributed by atoms with E-state index in [2.05, 4.69) is 19.9 Å². The van der Waals surface area contributed by atoms with E-state index in [1.54, 1.807) is 14.0 Å². The van der Waals surface area contributed by atoms with E-state index in [0.29, 0.717) is 13.0 Å². The predicted molar refractivity (Wildman–Crippen MR) is 104 cm³/mol. The fraction of sp³-hybridized carbons (Fsp3) is 0.857. The number of aliphatic hydroxyl groups is 1. The highest BCUT2D eigenvalue weighted by Gasteiger charge is 2.42. The summed E-state index contributed by atoms with van der Waals surface area (Å²) in [6, 6.07) is 0. The number of esters is 1. The van der Waals surface area contributed by atoms with Gasteiger partial charge in [0.25, 0.3) is 0 Å². The first-order valence-corrected chi connectivity index (χ1v) is 10.3. The zero-order valence-electron chi connectivity index (χ0n) is 17.8. The highest BCUT2D eigenvalue weighted by Crippen LogP contribution is 2.39. The first-order chi connectivity index (χ1) is 12.9. The van der Waals surface area contributed by atoms with E-state index in [0.717, 1.165) is 31.3 Å². The van der Waals surface area contributed by atoms with Gasteiger partial charge in [-0.3, -0.25) is 4.79 Å². The lowest BCUT2D eigenvalue weighted by Gasteiger charge is -2.42. The summed E-state index contributed by atoms with van der Waals surface area (Å²) in [5, 5.41) is 10.3. The number of rotatable bonds is 11. The van der Waals surface area contributed by atoms with Crippen molar-refractivity contribution in [2.24, 2.45) is 5.92 Å². The molecule has 0 aromatic heterocycles. The van der Waals surface area contributed by atoms with Gasteiger partial charge in [0.1, 0.15) is 17.8 Å². The second-order valence-electron chi connectivity index (χ2n) is 7.22. The average Bonchev–Trinajstić information content (AvgIpc) is 2.68. The van der Waals surface area contributed by atoms with Crippen molar-refractivity contribution < 1.29 is 29.1 Å². The summed E-state index contributed by atoms with van der Waals surface area (Å²) in [5.74, 6) is -0.0709. The Balaban J connectivity index is 3.01. The molecule has 5 atom stereocenters. The molecule has 0 saturated carbocycles. The summed E-state index contributed by atoms with van der Waals surface area (Å²) in [6.45, 7) is 10.3. The van der Waals surface area contributed by atoms with Crippen molar-refractivity contribution >= 4 is 5.97 Å². The predicted octanol–water partition coefficient (Wildman–Crippen LogP) is 3.96. The number of methoxy groups -OCH3 is 1. The molecule has 0 bridgehead atoms. The molecule has 0 aliphatic carbocycles. The minimum Gasteiger partial charge on any atom is -0.466 e. The molecule has 5 unspecified atom stereocenters. The quantitative estimate of drug-likeness (QED) is 0.329. The summed E-state index contributed by atoms with van der Waals surface area (Å²) in [4.78, 5) is 23.4. The minimum atomic E-state index is -0.582. The van der Waals surface area contributed by atoms with E-state index in [-0.39, 0.29) is 30.5 Å². The third-order valence-corrected chi connectivity index (χ3v) is 5.51. The van der Waals surface area contributed by atoms with Crippen molar-refractivity contribution in [3.8, 4) is 0 Å². The van der Waals surface area contributed by atoms with Crippen molar-refractivity contribution in [1.82, 2.24) is 0 Å². The smallest absolute Gasteiger partial charge is 0.308 e. The largest absolute Gasteiger partial charge is 0.466 e. The molecule has 1 saturated heterocycles. The molecule has 1 aliphatic rings. The van der Waals surface area contributed by atoms with E-state index < -0.39 is 11.7 Å². The standard InChI is InChI=1S/C21H38O6/c1-7-15-13-21(10-4,27-26-18(15)12-19(23)25-11-5)14-16(8-2)20(24-6)17(22)9-3/h14-15,17-18,20,22H,7-13H2,1-6H3. The molecule has 6 nitrogen and oxygen atoms in total. The van der Waals surface area contributed by atoms with Crippen LogP contribution in [0, 0.1) is 5.92 Å². The van der Waals surface area contributed by atoms with Gasteiger partial charge in [-0.15, -0.1) is 0 Å². The van der Waals surface area contributed by atoms with Crippen LogP contribution < -0.4 is 0 Å². The van der Waals surface area contributed by atoms with Crippen LogP contribution in [0.4, 0.5) is 0 Å². The van der Waals surface area contributed by atoms with Gasteiger partial charge in [-0.1, -0.05) is 34.1 Å². The van der Waals surface area contributed by atoms with Crippen LogP contribution in [-0.2, 0) is 24.0 Å². The summed E-state index contributed by atoms with van der Waals surface area (Å²) in [7, 11) is 1.62. The van der Waals surface area contributed by atoms with E-state index in [1.165, 1.54) is 0 Å². The summed E-state index contributed by atoms with van der Waals surface area (Å²) < 4.78 is 10.6. The Bertz CT molecular complexity index is 477. The maximum atomic E-state index is 11.8. The van der Waals surface area contributed by atoms with E-state index >= 15 is 0 Å². The van der Waals surface area contributed by atoms with Gasteiger partial charge in [-0.05, 0) is 50.2 Å². The molecule has 0 aromatic rings. The number of hydrogen-bond donors (Lipinski definition) is 1. The van der Waals surface area contributed by atoms with E-state index in [1.807, 2.05) is 13.8 Å². The third-order valence-electron chi connectivity index (χ3n) is 5.51. The maximum absolute atomic E-state index is 11.8. The fourth-order valence-corrected chi connectivity index (χ4v) is 3.72. The van der Waals surface area contributed by atoms with Crippen LogP contribution in [0.3, 0.4) is 0 Å². The summed E-state index contributed by atoms with van der Waals surface area (Å²) in [5.41, 5.74) is 0.428. The van der Waals surface area contributed by atoms with Gasteiger partial charge in [0.15, 0.2) is 0 Å². The van der Waals surface area contributed by atoms with Crippen LogP contribution in [-0.4, -0.2) is 48.7 Å². The Morgan fingerprint density at radius 2 is 2.00 bits per heavy atom. The molecule has 1 rings (SSSR count). The molecule has 0 spiro atoms. The van der Waals surface area contributed by atoms with Crippen molar-refractivity contribution in [2.45, 2.75) is 97.1 Å². The van der Waals surface area contributed by atoms with E-state index in [9.17, 15) is 9.90 Å². The average molecular weight is 387 g/mol. The Morgan fingerprint density at radius 1 is 1.30 bits per heavy atom. The van der Waals surface area contributed by atoms with Crippen molar-refractivity contribution in [3.63, 3.8) is 0 Å². The van der Waals surface area contributed by atoms with Crippen LogP contribution in [0.2, 0.25) is 0 Å². The molecule has 0 radical (unpaired) electrons. The summed E-state index contributed by atoms with van der Waals surface area (Å²) >= 11 is 0. The lowest BCUT2D eigenvalue weighted by Crippen LogP contribution is -2.45. The number of hydrogen-bond acceptors (Lipinski definition) is 6. The monoisotopic (exact) mass is 386 g/mol. The van der Waals surface area contributed by atoms with Crippen LogP contribution in [0.15, 0.2) is 11.6 Å². The van der Waals surface area contributed by atoms with Gasteiger partial charge in [0.2, 0.25) is 0 Å². The van der Waals surface area contributed by atoms with Crippen molar-refractivity contribution in [2.75, 3.05) is 13.7 Å². The number of carbonyl (C=O) groups is 1. The van der Waals surface area contributed by atoms with E-state index in [4.69, 9.17) is 19.2 Å². The van der Waals surface area contributed by atoms with Gasteiger partial charge < -0.3 is 14.6 Å². The first-order valence-electron chi connectivity index (χ1n) is 10.3. The first kappa shape index (κ1) is 24.1. The fourth-order valence-electron chi connectivity index (χ4n) is 3.72. The normalized spacial score (nSPS) is 28.6. The topological polar surface area (TPSA) is 74.2 Å². The molecule has 1 N–H and O–H groups in total. The Kier molecular flexibility index (Phi) is 10.5. The van der Waals surface area contributed by atoms with Gasteiger partial charge in [-0.25, -0.2) is 9.78 Å². The van der Waals surface area contributed by atoms with Crippen molar-refractivity contribution in [3.05, 3.63) is 11.6 Å². The SMILES string of the molecule is CCOC(=O)CC1OOC(C=C(CC)C(OC)C(O)CC)(CC)CC1CC. The second-order valence-corrected chi connectivity index (χ2v) is 7.22. The molecule has 158 valence electrons. The van der Waals surface area contributed by atoms with Crippen LogP contribution in [0.25, 0.3) is 0 Å².